The van der Waals surface area contributed by atoms with Gasteiger partial charge in [-0.15, -0.1) is 5.10 Å². The second kappa shape index (κ2) is 12.3. The highest BCUT2D eigenvalue weighted by atomic mass is 16.6. The third-order valence-electron chi connectivity index (χ3n) is 5.60. The lowest BCUT2D eigenvalue weighted by molar-refractivity contribution is 0.00498. The van der Waals surface area contributed by atoms with Crippen molar-refractivity contribution in [2.24, 2.45) is 0 Å². The van der Waals surface area contributed by atoms with Crippen LogP contribution in [-0.4, -0.2) is 93.8 Å². The Labute approximate surface area is 173 Å². The summed E-state index contributed by atoms with van der Waals surface area (Å²) in [6, 6.07) is 1.07. The summed E-state index contributed by atoms with van der Waals surface area (Å²) >= 11 is 0. The zero-order valence-corrected chi connectivity index (χ0v) is 17.6. The standard InChI is InChI=1S/C20H36N4O5/c1-25-10-11-27-12-13-28-14-15-29-20-19(21)16-24(22-20)18-4-2-17(3-5-18)23-6-8-26-9-7-23/h16-18H,2-15,21H2,1H3/t17-,18-. The van der Waals surface area contributed by atoms with Crippen molar-refractivity contribution in [3.63, 3.8) is 0 Å². The van der Waals surface area contributed by atoms with Crippen LogP contribution >= 0.6 is 0 Å². The van der Waals surface area contributed by atoms with E-state index in [2.05, 4.69) is 10.00 Å². The molecule has 1 aliphatic carbocycles. The maximum Gasteiger partial charge on any atom is 0.256 e. The number of hydrogen-bond acceptors (Lipinski definition) is 8. The van der Waals surface area contributed by atoms with Crippen molar-refractivity contribution in [3.05, 3.63) is 6.20 Å². The molecule has 166 valence electrons. The molecule has 0 bridgehead atoms. The Balaban J connectivity index is 1.32. The van der Waals surface area contributed by atoms with Gasteiger partial charge in [0.25, 0.3) is 5.88 Å². The second-order valence-corrected chi connectivity index (χ2v) is 7.55. The molecule has 2 aliphatic rings. The maximum atomic E-state index is 6.10. The lowest BCUT2D eigenvalue weighted by Crippen LogP contribution is -2.45. The topological polar surface area (TPSA) is 93.2 Å². The first-order chi connectivity index (χ1) is 14.3. The molecule has 0 radical (unpaired) electrons. The van der Waals surface area contributed by atoms with Crippen molar-refractivity contribution in [3.8, 4) is 5.88 Å². The molecule has 0 atom stereocenters. The van der Waals surface area contributed by atoms with Crippen LogP contribution in [0, 0.1) is 0 Å². The van der Waals surface area contributed by atoms with E-state index in [1.54, 1.807) is 7.11 Å². The van der Waals surface area contributed by atoms with E-state index in [0.717, 1.165) is 39.1 Å². The zero-order chi connectivity index (χ0) is 20.3. The predicted octanol–water partition coefficient (Wildman–Crippen LogP) is 1.34. The summed E-state index contributed by atoms with van der Waals surface area (Å²) in [7, 11) is 1.65. The highest BCUT2D eigenvalue weighted by Gasteiger charge is 2.28. The molecule has 9 nitrogen and oxygen atoms in total. The van der Waals surface area contributed by atoms with Crippen LogP contribution in [0.1, 0.15) is 31.7 Å². The average Bonchev–Trinajstić information content (AvgIpc) is 3.14. The minimum Gasteiger partial charge on any atom is -0.473 e. The molecule has 1 aromatic rings. The Morgan fingerprint density at radius 3 is 2.28 bits per heavy atom. The van der Waals surface area contributed by atoms with Crippen LogP contribution in [0.5, 0.6) is 5.88 Å². The average molecular weight is 413 g/mol. The van der Waals surface area contributed by atoms with Crippen LogP contribution in [0.15, 0.2) is 6.20 Å². The molecule has 1 saturated carbocycles. The van der Waals surface area contributed by atoms with Gasteiger partial charge in [0.2, 0.25) is 0 Å². The van der Waals surface area contributed by atoms with Gasteiger partial charge in [0.1, 0.15) is 12.3 Å². The van der Waals surface area contributed by atoms with Crippen molar-refractivity contribution >= 4 is 5.69 Å². The summed E-state index contributed by atoms with van der Waals surface area (Å²) in [5.41, 5.74) is 6.68. The Morgan fingerprint density at radius 1 is 0.966 bits per heavy atom. The summed E-state index contributed by atoms with van der Waals surface area (Å²) in [5, 5.41) is 4.58. The summed E-state index contributed by atoms with van der Waals surface area (Å²) in [5.74, 6) is 0.500. The first-order valence-corrected chi connectivity index (χ1v) is 10.7. The van der Waals surface area contributed by atoms with Gasteiger partial charge in [0, 0.05) is 26.2 Å². The maximum absolute atomic E-state index is 6.10. The molecule has 1 aliphatic heterocycles. The van der Waals surface area contributed by atoms with E-state index in [4.69, 9.17) is 29.4 Å². The largest absolute Gasteiger partial charge is 0.473 e. The fourth-order valence-electron chi connectivity index (χ4n) is 3.98. The monoisotopic (exact) mass is 412 g/mol. The Hall–Kier alpha value is -1.39. The first-order valence-electron chi connectivity index (χ1n) is 10.7. The van der Waals surface area contributed by atoms with Gasteiger partial charge >= 0.3 is 0 Å². The Morgan fingerprint density at radius 2 is 1.59 bits per heavy atom. The van der Waals surface area contributed by atoms with Gasteiger partial charge in [-0.1, -0.05) is 0 Å². The molecule has 29 heavy (non-hydrogen) atoms. The third kappa shape index (κ3) is 7.11. The van der Waals surface area contributed by atoms with E-state index in [1.165, 1.54) is 12.8 Å². The van der Waals surface area contributed by atoms with Crippen LogP contribution in [0.3, 0.4) is 0 Å². The minimum absolute atomic E-state index is 0.396. The molecular weight excluding hydrogens is 376 g/mol. The van der Waals surface area contributed by atoms with Crippen molar-refractivity contribution < 1.29 is 23.7 Å². The fraction of sp³-hybridized carbons (Fsp3) is 0.850. The zero-order valence-electron chi connectivity index (χ0n) is 17.6. The van der Waals surface area contributed by atoms with E-state index >= 15 is 0 Å². The molecule has 2 N–H and O–H groups in total. The van der Waals surface area contributed by atoms with Gasteiger partial charge < -0.3 is 29.4 Å². The van der Waals surface area contributed by atoms with Crippen LogP contribution in [-0.2, 0) is 18.9 Å². The minimum atomic E-state index is 0.396. The summed E-state index contributed by atoms with van der Waals surface area (Å²) in [6.07, 6.45) is 6.53. The molecule has 3 rings (SSSR count). The molecule has 9 heteroatoms. The van der Waals surface area contributed by atoms with E-state index in [9.17, 15) is 0 Å². The SMILES string of the molecule is COCCOCCOCCOc1nn([C@H]2CC[C@H](N3CCOCC3)CC2)cc1N. The molecule has 2 heterocycles. The van der Waals surface area contributed by atoms with Crippen LogP contribution in [0.4, 0.5) is 5.69 Å². The van der Waals surface area contributed by atoms with E-state index in [0.29, 0.717) is 63.3 Å². The second-order valence-electron chi connectivity index (χ2n) is 7.55. The van der Waals surface area contributed by atoms with Gasteiger partial charge in [0.05, 0.1) is 58.5 Å². The highest BCUT2D eigenvalue weighted by molar-refractivity contribution is 5.46. The number of nitrogens with zero attached hydrogens (tertiary/aromatic N) is 3. The number of ether oxygens (including phenoxy) is 5. The van der Waals surface area contributed by atoms with E-state index < -0.39 is 0 Å². The van der Waals surface area contributed by atoms with Gasteiger partial charge in [-0.3, -0.25) is 9.58 Å². The van der Waals surface area contributed by atoms with Crippen LogP contribution < -0.4 is 10.5 Å². The smallest absolute Gasteiger partial charge is 0.256 e. The third-order valence-corrected chi connectivity index (χ3v) is 5.60. The molecule has 0 aromatic carbocycles. The number of nitrogen functional groups attached to an aromatic ring is 1. The lowest BCUT2D eigenvalue weighted by atomic mass is 9.90. The summed E-state index contributed by atoms with van der Waals surface area (Å²) in [4.78, 5) is 2.58. The van der Waals surface area contributed by atoms with Gasteiger partial charge in [-0.25, -0.2) is 0 Å². The van der Waals surface area contributed by atoms with Crippen molar-refractivity contribution in [2.45, 2.75) is 37.8 Å². The van der Waals surface area contributed by atoms with Crippen molar-refractivity contribution in [2.75, 3.05) is 78.8 Å². The van der Waals surface area contributed by atoms with E-state index in [-0.39, 0.29) is 0 Å². The summed E-state index contributed by atoms with van der Waals surface area (Å²) < 4.78 is 28.9. The molecule has 2 fully saturated rings. The number of hydrogen-bond donors (Lipinski definition) is 1. The number of anilines is 1. The molecule has 0 unspecified atom stereocenters. The van der Waals surface area contributed by atoms with Crippen LogP contribution in [0.2, 0.25) is 0 Å². The number of rotatable bonds is 12. The fourth-order valence-corrected chi connectivity index (χ4v) is 3.98. The lowest BCUT2D eigenvalue weighted by Gasteiger charge is -2.38. The molecule has 0 amide bonds. The van der Waals surface area contributed by atoms with Crippen LogP contribution in [0.25, 0.3) is 0 Å². The quantitative estimate of drug-likeness (QED) is 0.514. The summed E-state index contributed by atoms with van der Waals surface area (Å²) in [6.45, 7) is 7.00. The number of nitrogens with two attached hydrogens (primary N) is 1. The van der Waals surface area contributed by atoms with Gasteiger partial charge in [0.15, 0.2) is 0 Å². The normalized spacial score (nSPS) is 23.3. The molecular formula is C20H36N4O5. The molecule has 0 spiro atoms. The highest BCUT2D eigenvalue weighted by Crippen LogP contribution is 2.33. The first kappa shape index (κ1) is 22.3. The van der Waals surface area contributed by atoms with E-state index in [1.807, 2.05) is 10.9 Å². The van der Waals surface area contributed by atoms with Gasteiger partial charge in [-0.2, -0.15) is 0 Å². The number of aromatic nitrogens is 2. The Kier molecular flexibility index (Phi) is 9.49. The van der Waals surface area contributed by atoms with Crippen molar-refractivity contribution in [1.29, 1.82) is 0 Å². The molecule has 1 aromatic heterocycles. The number of methoxy groups -OCH3 is 1. The predicted molar refractivity (Wildman–Crippen MR) is 109 cm³/mol. The Bertz CT molecular complexity index is 571. The van der Waals surface area contributed by atoms with Gasteiger partial charge in [-0.05, 0) is 25.7 Å². The molecule has 1 saturated heterocycles. The number of morpholine rings is 1. The van der Waals surface area contributed by atoms with Crippen molar-refractivity contribution in [1.82, 2.24) is 14.7 Å².